The first kappa shape index (κ1) is 19.1. The molecule has 2 amide bonds. The number of carboxylic acids is 1. The van der Waals surface area contributed by atoms with Gasteiger partial charge in [0.25, 0.3) is 5.91 Å². The number of ether oxygens (including phenoxy) is 1. The van der Waals surface area contributed by atoms with Gasteiger partial charge in [0, 0.05) is 5.02 Å². The molecule has 25 heavy (non-hydrogen) atoms. The molecule has 1 aliphatic rings. The average Bonchev–Trinajstić information content (AvgIpc) is 2.58. The van der Waals surface area contributed by atoms with E-state index in [2.05, 4.69) is 10.9 Å². The standard InChI is InChI=1S/C17H21ClN2O5/c1-10-8-11(18)6-7-14(10)25-9-15(21)19-20-16(22)12-4-2-3-5-13(12)17(23)24/h6-8,12-13H,2-5,9H2,1H3,(H,19,21)(H,20,22)(H,23,24)/t12-,13-/m0/s1. The molecule has 2 atom stereocenters. The minimum absolute atomic E-state index is 0.282. The van der Waals surface area contributed by atoms with E-state index in [4.69, 9.17) is 16.3 Å². The monoisotopic (exact) mass is 368 g/mol. The fraction of sp³-hybridized carbons (Fsp3) is 0.471. The number of amides is 2. The van der Waals surface area contributed by atoms with Crippen LogP contribution in [0.5, 0.6) is 5.75 Å². The van der Waals surface area contributed by atoms with Crippen molar-refractivity contribution in [3.8, 4) is 5.75 Å². The molecule has 0 unspecified atom stereocenters. The minimum Gasteiger partial charge on any atom is -0.483 e. The maximum Gasteiger partial charge on any atom is 0.307 e. The number of rotatable bonds is 5. The summed E-state index contributed by atoms with van der Waals surface area (Å²) in [6, 6.07) is 5.02. The van der Waals surface area contributed by atoms with E-state index in [1.54, 1.807) is 25.1 Å². The quantitative estimate of drug-likeness (QED) is 0.690. The number of aliphatic carboxylic acids is 1. The highest BCUT2D eigenvalue weighted by Gasteiger charge is 2.35. The smallest absolute Gasteiger partial charge is 0.307 e. The summed E-state index contributed by atoms with van der Waals surface area (Å²) in [6.07, 6.45) is 2.57. The third-order valence-corrected chi connectivity index (χ3v) is 4.48. The van der Waals surface area contributed by atoms with Crippen LogP contribution in [-0.2, 0) is 14.4 Å². The first-order valence-corrected chi connectivity index (χ1v) is 8.46. The lowest BCUT2D eigenvalue weighted by molar-refractivity contribution is -0.149. The molecule has 8 heteroatoms. The minimum atomic E-state index is -0.979. The highest BCUT2D eigenvalue weighted by molar-refractivity contribution is 6.30. The van der Waals surface area contributed by atoms with Crippen molar-refractivity contribution in [3.63, 3.8) is 0 Å². The van der Waals surface area contributed by atoms with Crippen LogP contribution in [0.2, 0.25) is 5.02 Å². The fourth-order valence-corrected chi connectivity index (χ4v) is 3.15. The molecule has 1 aromatic carbocycles. The number of carboxylic acid groups (broad SMARTS) is 1. The van der Waals surface area contributed by atoms with Gasteiger partial charge in [0.1, 0.15) is 5.75 Å². The number of benzene rings is 1. The Morgan fingerprint density at radius 2 is 1.88 bits per heavy atom. The largest absolute Gasteiger partial charge is 0.483 e. The lowest BCUT2D eigenvalue weighted by Crippen LogP contribution is -2.49. The Bertz CT molecular complexity index is 664. The maximum atomic E-state index is 12.1. The molecule has 0 spiro atoms. The number of hydrogen-bond donors (Lipinski definition) is 3. The third-order valence-electron chi connectivity index (χ3n) is 4.24. The van der Waals surface area contributed by atoms with Gasteiger partial charge in [0.15, 0.2) is 6.61 Å². The summed E-state index contributed by atoms with van der Waals surface area (Å²) in [5, 5.41) is 9.77. The van der Waals surface area contributed by atoms with Gasteiger partial charge in [0.2, 0.25) is 5.91 Å². The first-order valence-electron chi connectivity index (χ1n) is 8.09. The Hall–Kier alpha value is -2.28. The van der Waals surface area contributed by atoms with Crippen molar-refractivity contribution in [2.75, 3.05) is 6.61 Å². The second-order valence-electron chi connectivity index (χ2n) is 6.07. The number of hydrogen-bond acceptors (Lipinski definition) is 4. The van der Waals surface area contributed by atoms with E-state index in [-0.39, 0.29) is 6.61 Å². The molecule has 0 aliphatic heterocycles. The molecule has 1 saturated carbocycles. The van der Waals surface area contributed by atoms with E-state index >= 15 is 0 Å². The van der Waals surface area contributed by atoms with E-state index in [0.29, 0.717) is 23.6 Å². The lowest BCUT2D eigenvalue weighted by atomic mass is 9.79. The zero-order valence-corrected chi connectivity index (χ0v) is 14.6. The van der Waals surface area contributed by atoms with Crippen LogP contribution in [-0.4, -0.2) is 29.5 Å². The number of aryl methyl sites for hydroxylation is 1. The van der Waals surface area contributed by atoms with Crippen LogP contribution < -0.4 is 15.6 Å². The number of halogens is 1. The topological polar surface area (TPSA) is 105 Å². The SMILES string of the molecule is Cc1cc(Cl)ccc1OCC(=O)NNC(=O)[C@H]1CCCC[C@@H]1C(=O)O. The second kappa shape index (κ2) is 8.71. The molecule has 2 rings (SSSR count). The Morgan fingerprint density at radius 3 is 2.52 bits per heavy atom. The van der Waals surface area contributed by atoms with E-state index in [1.165, 1.54) is 0 Å². The molecule has 0 aromatic heterocycles. The Kier molecular flexibility index (Phi) is 6.64. The molecule has 0 saturated heterocycles. The van der Waals surface area contributed by atoms with Crippen LogP contribution in [0.1, 0.15) is 31.2 Å². The summed E-state index contributed by atoms with van der Waals surface area (Å²) in [7, 11) is 0. The van der Waals surface area contributed by atoms with Crippen LogP contribution >= 0.6 is 11.6 Å². The van der Waals surface area contributed by atoms with Gasteiger partial charge in [-0.3, -0.25) is 25.2 Å². The first-order chi connectivity index (χ1) is 11.9. The van der Waals surface area contributed by atoms with Crippen LogP contribution in [0.3, 0.4) is 0 Å². The van der Waals surface area contributed by atoms with Crippen LogP contribution in [0.25, 0.3) is 0 Å². The lowest BCUT2D eigenvalue weighted by Gasteiger charge is -2.27. The predicted molar refractivity (Wildman–Crippen MR) is 91.1 cm³/mol. The van der Waals surface area contributed by atoms with E-state index in [1.807, 2.05) is 0 Å². The van der Waals surface area contributed by atoms with Gasteiger partial charge >= 0.3 is 5.97 Å². The molecule has 1 fully saturated rings. The molecule has 7 nitrogen and oxygen atoms in total. The normalized spacial score (nSPS) is 19.8. The van der Waals surface area contributed by atoms with Crippen LogP contribution in [0.4, 0.5) is 0 Å². The van der Waals surface area contributed by atoms with Gasteiger partial charge in [-0.1, -0.05) is 24.4 Å². The number of carbonyl (C=O) groups excluding carboxylic acids is 2. The average molecular weight is 369 g/mol. The van der Waals surface area contributed by atoms with E-state index < -0.39 is 29.6 Å². The van der Waals surface area contributed by atoms with Gasteiger partial charge in [-0.15, -0.1) is 0 Å². The van der Waals surface area contributed by atoms with Gasteiger partial charge in [-0.05, 0) is 43.5 Å². The summed E-state index contributed by atoms with van der Waals surface area (Å²) < 4.78 is 5.37. The molecule has 0 bridgehead atoms. The zero-order valence-electron chi connectivity index (χ0n) is 13.9. The maximum absolute atomic E-state index is 12.1. The summed E-state index contributed by atoms with van der Waals surface area (Å²) >= 11 is 5.85. The molecule has 0 heterocycles. The molecule has 0 radical (unpaired) electrons. The molecule has 136 valence electrons. The molecular formula is C17H21ClN2O5. The van der Waals surface area contributed by atoms with Crippen molar-refractivity contribution < 1.29 is 24.2 Å². The Labute approximate surface area is 150 Å². The highest BCUT2D eigenvalue weighted by atomic mass is 35.5. The van der Waals surface area contributed by atoms with Crippen LogP contribution in [0, 0.1) is 18.8 Å². The highest BCUT2D eigenvalue weighted by Crippen LogP contribution is 2.30. The van der Waals surface area contributed by atoms with Crippen molar-refractivity contribution in [1.82, 2.24) is 10.9 Å². The zero-order chi connectivity index (χ0) is 18.4. The summed E-state index contributed by atoms with van der Waals surface area (Å²) in [4.78, 5) is 35.2. The second-order valence-corrected chi connectivity index (χ2v) is 6.51. The van der Waals surface area contributed by atoms with E-state index in [9.17, 15) is 19.5 Å². The van der Waals surface area contributed by atoms with Gasteiger partial charge < -0.3 is 9.84 Å². The summed E-state index contributed by atoms with van der Waals surface area (Å²) in [5.41, 5.74) is 5.34. The van der Waals surface area contributed by atoms with Crippen molar-refractivity contribution in [3.05, 3.63) is 28.8 Å². The van der Waals surface area contributed by atoms with Crippen LogP contribution in [0.15, 0.2) is 18.2 Å². The predicted octanol–water partition coefficient (Wildman–Crippen LogP) is 2.07. The molecular weight excluding hydrogens is 348 g/mol. The van der Waals surface area contributed by atoms with Crippen molar-refractivity contribution >= 4 is 29.4 Å². The van der Waals surface area contributed by atoms with Gasteiger partial charge in [-0.2, -0.15) is 0 Å². The number of carbonyl (C=O) groups is 3. The molecule has 1 aliphatic carbocycles. The van der Waals surface area contributed by atoms with Crippen molar-refractivity contribution in [2.45, 2.75) is 32.6 Å². The Morgan fingerprint density at radius 1 is 1.20 bits per heavy atom. The third kappa shape index (κ3) is 5.35. The number of nitrogens with one attached hydrogen (secondary N) is 2. The van der Waals surface area contributed by atoms with Crippen molar-refractivity contribution in [1.29, 1.82) is 0 Å². The van der Waals surface area contributed by atoms with Gasteiger partial charge in [0.05, 0.1) is 11.8 Å². The summed E-state index contributed by atoms with van der Waals surface area (Å²) in [5.74, 6) is -2.82. The molecule has 1 aromatic rings. The summed E-state index contributed by atoms with van der Waals surface area (Å²) in [6.45, 7) is 1.52. The Balaban J connectivity index is 1.80. The van der Waals surface area contributed by atoms with Gasteiger partial charge in [-0.25, -0.2) is 0 Å². The molecule has 3 N–H and O–H groups in total. The van der Waals surface area contributed by atoms with E-state index in [0.717, 1.165) is 18.4 Å². The number of hydrazine groups is 1. The fourth-order valence-electron chi connectivity index (χ4n) is 2.92. The van der Waals surface area contributed by atoms with Crippen molar-refractivity contribution in [2.24, 2.45) is 11.8 Å².